The maximum Gasteiger partial charge on any atom is 0.245 e. The lowest BCUT2D eigenvalue weighted by Crippen LogP contribution is -2.27. The van der Waals surface area contributed by atoms with Crippen LogP contribution in [0.3, 0.4) is 0 Å². The van der Waals surface area contributed by atoms with E-state index < -0.39 is 11.4 Å². The molecule has 0 spiro atoms. The molecule has 0 aliphatic carbocycles. The molecular formula is C24H17ClN2O3S. The van der Waals surface area contributed by atoms with E-state index in [2.05, 4.69) is 21.5 Å². The van der Waals surface area contributed by atoms with Crippen LogP contribution in [0.4, 0.5) is 5.69 Å². The number of fused-ring (bicyclic) bond motifs is 1. The number of carbonyl (C=O) groups is 1. The van der Waals surface area contributed by atoms with Gasteiger partial charge in [0.15, 0.2) is 0 Å². The molecule has 1 aromatic heterocycles. The highest BCUT2D eigenvalue weighted by Gasteiger charge is 2.33. The first-order valence-corrected chi connectivity index (χ1v) is 10.9. The Morgan fingerprint density at radius 2 is 2.00 bits per heavy atom. The van der Waals surface area contributed by atoms with Gasteiger partial charge in [0.25, 0.3) is 0 Å². The van der Waals surface area contributed by atoms with Crippen molar-refractivity contribution < 1.29 is 14.1 Å². The van der Waals surface area contributed by atoms with E-state index in [0.717, 1.165) is 11.1 Å². The number of benzene rings is 2. The minimum Gasteiger partial charge on any atom is -0.588 e. The van der Waals surface area contributed by atoms with Crippen LogP contribution < -0.4 is 9.46 Å². The van der Waals surface area contributed by atoms with Crippen LogP contribution in [0.2, 0.25) is 5.02 Å². The molecule has 0 radical (unpaired) electrons. The van der Waals surface area contributed by atoms with Crippen molar-refractivity contribution in [3.8, 4) is 17.7 Å². The number of methoxy groups -OCH3 is 1. The Morgan fingerprint density at radius 3 is 2.71 bits per heavy atom. The van der Waals surface area contributed by atoms with Crippen molar-refractivity contribution >= 4 is 40.5 Å². The highest BCUT2D eigenvalue weighted by atomic mass is 35.5. The molecule has 1 N–H and O–H groups in total. The molecular weight excluding hydrogens is 432 g/mol. The molecule has 1 unspecified atom stereocenters. The van der Waals surface area contributed by atoms with Gasteiger partial charge in [0.2, 0.25) is 16.6 Å². The summed E-state index contributed by atoms with van der Waals surface area (Å²) in [4.78, 5) is 17.4. The molecule has 2 heterocycles. The number of ether oxygens (including phenoxy) is 1. The van der Waals surface area contributed by atoms with Crippen molar-refractivity contribution in [1.29, 1.82) is 0 Å². The van der Waals surface area contributed by atoms with Gasteiger partial charge in [-0.25, -0.2) is 9.71 Å². The summed E-state index contributed by atoms with van der Waals surface area (Å²) in [6.07, 6.45) is 3.85. The van der Waals surface area contributed by atoms with Crippen molar-refractivity contribution in [3.63, 3.8) is 0 Å². The summed E-state index contributed by atoms with van der Waals surface area (Å²) in [7, 11) is 1.57. The van der Waals surface area contributed by atoms with Crippen LogP contribution in [0.1, 0.15) is 27.0 Å². The smallest absolute Gasteiger partial charge is 0.245 e. The third-order valence-corrected chi connectivity index (χ3v) is 5.95. The van der Waals surface area contributed by atoms with E-state index in [0.29, 0.717) is 34.1 Å². The molecule has 3 aromatic rings. The number of carbonyl (C=O) groups excluding carboxylic acids is 1. The van der Waals surface area contributed by atoms with E-state index in [1.165, 1.54) is 0 Å². The molecule has 4 rings (SSSR count). The predicted octanol–water partition coefficient (Wildman–Crippen LogP) is 4.65. The van der Waals surface area contributed by atoms with Gasteiger partial charge in [0, 0.05) is 35.3 Å². The lowest BCUT2D eigenvalue weighted by atomic mass is 10.0. The van der Waals surface area contributed by atoms with Gasteiger partial charge >= 0.3 is 0 Å². The molecule has 0 fully saturated rings. The van der Waals surface area contributed by atoms with Gasteiger partial charge in [0.05, 0.1) is 18.4 Å². The van der Waals surface area contributed by atoms with Crippen LogP contribution in [0.5, 0.6) is 5.88 Å². The SMILES string of the molecule is COc1ccc(CC#Cc2ccc3c(c2)C(=O)/C(=C/c2ccc(Cl)cc2)[S+]([O-])N3)cn1. The standard InChI is InChI=1S/C24H17ClN2O3S/c1-30-23-12-8-18(15-26-23)4-2-3-16-7-11-21-20(13-16)24(28)22(31(29)27-21)14-17-5-9-19(25)10-6-17/h5-15,27H,4H2,1H3/b22-14-. The zero-order valence-electron chi connectivity index (χ0n) is 16.5. The first-order chi connectivity index (χ1) is 15.0. The molecule has 1 atom stereocenters. The summed E-state index contributed by atoms with van der Waals surface area (Å²) < 4.78 is 20.5. The van der Waals surface area contributed by atoms with E-state index in [-0.39, 0.29) is 10.7 Å². The van der Waals surface area contributed by atoms with E-state index in [9.17, 15) is 9.35 Å². The number of ketones is 1. The molecule has 2 aromatic carbocycles. The second-order valence-electron chi connectivity index (χ2n) is 6.71. The second kappa shape index (κ2) is 9.27. The summed E-state index contributed by atoms with van der Waals surface area (Å²) in [5.74, 6) is 6.43. The summed E-state index contributed by atoms with van der Waals surface area (Å²) in [6.45, 7) is 0. The number of hydrogen-bond donors (Lipinski definition) is 1. The van der Waals surface area contributed by atoms with Gasteiger partial charge in [-0.2, -0.15) is 0 Å². The van der Waals surface area contributed by atoms with Crippen LogP contribution in [0.25, 0.3) is 6.08 Å². The Hall–Kier alpha value is -3.24. The van der Waals surface area contributed by atoms with Gasteiger partial charge in [0.1, 0.15) is 11.4 Å². The molecule has 31 heavy (non-hydrogen) atoms. The van der Waals surface area contributed by atoms with Gasteiger partial charge in [-0.15, -0.1) is 0 Å². The molecule has 1 aliphatic rings. The number of anilines is 1. The maximum atomic E-state index is 13.0. The lowest BCUT2D eigenvalue weighted by molar-refractivity contribution is 0.104. The van der Waals surface area contributed by atoms with E-state index in [4.69, 9.17) is 16.3 Å². The Bertz CT molecular complexity index is 1210. The normalized spacial score (nSPS) is 16.2. The van der Waals surface area contributed by atoms with Crippen LogP contribution in [0.15, 0.2) is 65.7 Å². The second-order valence-corrected chi connectivity index (χ2v) is 8.33. The molecule has 0 saturated carbocycles. The van der Waals surface area contributed by atoms with Gasteiger partial charge in [-0.1, -0.05) is 41.6 Å². The lowest BCUT2D eigenvalue weighted by Gasteiger charge is -2.21. The molecule has 7 heteroatoms. The fraction of sp³-hybridized carbons (Fsp3) is 0.0833. The van der Waals surface area contributed by atoms with Crippen LogP contribution in [-0.4, -0.2) is 22.4 Å². The quantitative estimate of drug-likeness (QED) is 0.358. The highest BCUT2D eigenvalue weighted by Crippen LogP contribution is 2.31. The van der Waals surface area contributed by atoms with Crippen molar-refractivity contribution in [2.75, 3.05) is 11.8 Å². The number of halogens is 1. The average Bonchev–Trinajstić information content (AvgIpc) is 2.79. The molecule has 5 nitrogen and oxygen atoms in total. The van der Waals surface area contributed by atoms with Crippen molar-refractivity contribution in [1.82, 2.24) is 4.98 Å². The number of nitrogens with one attached hydrogen (secondary N) is 1. The number of pyridine rings is 1. The van der Waals surface area contributed by atoms with E-state index in [1.807, 2.05) is 6.07 Å². The first kappa shape index (κ1) is 21.0. The monoisotopic (exact) mass is 448 g/mol. The summed E-state index contributed by atoms with van der Waals surface area (Å²) in [6, 6.07) is 15.9. The third kappa shape index (κ3) is 4.92. The van der Waals surface area contributed by atoms with Gasteiger partial charge in [-0.3, -0.25) is 4.79 Å². The third-order valence-electron chi connectivity index (χ3n) is 4.59. The molecule has 154 valence electrons. The molecule has 0 bridgehead atoms. The Balaban J connectivity index is 1.56. The van der Waals surface area contributed by atoms with Gasteiger partial charge in [-0.05, 0) is 41.5 Å². The zero-order valence-corrected chi connectivity index (χ0v) is 18.1. The summed E-state index contributed by atoms with van der Waals surface area (Å²) >= 11 is 4.27. The number of rotatable bonds is 3. The molecule has 0 saturated heterocycles. The van der Waals surface area contributed by atoms with Crippen LogP contribution in [0, 0.1) is 11.8 Å². The number of hydrogen-bond acceptors (Lipinski definition) is 5. The minimum absolute atomic E-state index is 0.184. The average molecular weight is 449 g/mol. The van der Waals surface area contributed by atoms with Crippen LogP contribution in [-0.2, 0) is 17.8 Å². The Labute approximate surface area is 188 Å². The highest BCUT2D eigenvalue weighted by molar-refractivity contribution is 7.97. The minimum atomic E-state index is -1.64. The number of aromatic nitrogens is 1. The fourth-order valence-electron chi connectivity index (χ4n) is 2.98. The van der Waals surface area contributed by atoms with Crippen LogP contribution >= 0.6 is 11.6 Å². The molecule has 1 aliphatic heterocycles. The Kier molecular flexibility index (Phi) is 6.28. The zero-order chi connectivity index (χ0) is 21.8. The summed E-state index contributed by atoms with van der Waals surface area (Å²) in [5, 5.41) is 0.593. The maximum absolute atomic E-state index is 13.0. The Morgan fingerprint density at radius 1 is 1.19 bits per heavy atom. The number of Topliss-reactive ketones (excluding diaryl/α,β-unsaturated/α-hetero) is 1. The topological polar surface area (TPSA) is 74.3 Å². The predicted molar refractivity (Wildman–Crippen MR) is 123 cm³/mol. The van der Waals surface area contributed by atoms with E-state index >= 15 is 0 Å². The van der Waals surface area contributed by atoms with Crippen molar-refractivity contribution in [3.05, 3.63) is 93.0 Å². The molecule has 0 amide bonds. The fourth-order valence-corrected chi connectivity index (χ4v) is 4.12. The largest absolute Gasteiger partial charge is 0.588 e. The first-order valence-electron chi connectivity index (χ1n) is 9.36. The van der Waals surface area contributed by atoms with Crippen molar-refractivity contribution in [2.45, 2.75) is 6.42 Å². The summed E-state index contributed by atoms with van der Waals surface area (Å²) in [5.41, 5.74) is 3.39. The number of allylic oxidation sites excluding steroid dienone is 1. The van der Waals surface area contributed by atoms with Gasteiger partial charge < -0.3 is 9.29 Å². The number of nitrogens with zero attached hydrogens (tertiary/aromatic N) is 1. The van der Waals surface area contributed by atoms with Crippen molar-refractivity contribution in [2.24, 2.45) is 0 Å². The van der Waals surface area contributed by atoms with E-state index in [1.54, 1.807) is 67.9 Å².